The maximum absolute atomic E-state index is 12.5. The standard InChI is InChI=1S/C39H74O5/c1-4-7-10-13-16-17-18-19-20-21-22-25-28-31-34-42-35-37(44-39(41)33-30-27-24-15-12-9-6-3)36-43-38(40)32-29-26-23-14-11-8-5-2/h17-18,37H,4-16,19-36H2,1-3H3/b18-17-. The molecule has 0 spiro atoms. The van der Waals surface area contributed by atoms with E-state index in [0.717, 1.165) is 38.5 Å². The molecule has 0 aliphatic carbocycles. The molecule has 0 heterocycles. The van der Waals surface area contributed by atoms with Gasteiger partial charge >= 0.3 is 11.9 Å². The Kier molecular flexibility index (Phi) is 35.0. The molecule has 0 aromatic heterocycles. The molecule has 0 saturated heterocycles. The number of carbonyl (C=O) groups is 2. The van der Waals surface area contributed by atoms with Crippen LogP contribution in [0.5, 0.6) is 0 Å². The fraction of sp³-hybridized carbons (Fsp3) is 0.897. The number of hydrogen-bond donors (Lipinski definition) is 0. The molecule has 0 saturated carbocycles. The van der Waals surface area contributed by atoms with Crippen LogP contribution in [0.3, 0.4) is 0 Å². The maximum atomic E-state index is 12.5. The highest BCUT2D eigenvalue weighted by Crippen LogP contribution is 2.12. The molecule has 44 heavy (non-hydrogen) atoms. The van der Waals surface area contributed by atoms with Gasteiger partial charge in [0.05, 0.1) is 6.61 Å². The highest BCUT2D eigenvalue weighted by atomic mass is 16.6. The van der Waals surface area contributed by atoms with Gasteiger partial charge in [0.25, 0.3) is 0 Å². The molecular weight excluding hydrogens is 548 g/mol. The van der Waals surface area contributed by atoms with Gasteiger partial charge in [0.2, 0.25) is 0 Å². The molecule has 260 valence electrons. The van der Waals surface area contributed by atoms with Crippen molar-refractivity contribution >= 4 is 11.9 Å². The van der Waals surface area contributed by atoms with E-state index in [0.29, 0.717) is 19.4 Å². The van der Waals surface area contributed by atoms with Crippen LogP contribution in [-0.2, 0) is 23.8 Å². The topological polar surface area (TPSA) is 61.8 Å². The summed E-state index contributed by atoms with van der Waals surface area (Å²) in [5.41, 5.74) is 0. The molecule has 5 heteroatoms. The maximum Gasteiger partial charge on any atom is 0.306 e. The summed E-state index contributed by atoms with van der Waals surface area (Å²) >= 11 is 0. The number of unbranched alkanes of at least 4 members (excludes halogenated alkanes) is 22. The predicted octanol–water partition coefficient (Wildman–Crippen LogP) is 12.0. The molecule has 0 aliphatic rings. The van der Waals surface area contributed by atoms with Crippen molar-refractivity contribution in [1.29, 1.82) is 0 Å². The minimum absolute atomic E-state index is 0.0886. The van der Waals surface area contributed by atoms with E-state index in [9.17, 15) is 9.59 Å². The minimum Gasteiger partial charge on any atom is -0.462 e. The Morgan fingerprint density at radius 3 is 1.41 bits per heavy atom. The fourth-order valence-electron chi connectivity index (χ4n) is 5.38. The molecule has 0 N–H and O–H groups in total. The first-order chi connectivity index (χ1) is 21.6. The van der Waals surface area contributed by atoms with Crippen molar-refractivity contribution in [3.63, 3.8) is 0 Å². The van der Waals surface area contributed by atoms with Crippen molar-refractivity contribution in [3.8, 4) is 0 Å². The van der Waals surface area contributed by atoms with Crippen LogP contribution in [0.4, 0.5) is 0 Å². The molecule has 0 radical (unpaired) electrons. The number of esters is 2. The lowest BCUT2D eigenvalue weighted by molar-refractivity contribution is -0.163. The van der Waals surface area contributed by atoms with Crippen LogP contribution >= 0.6 is 0 Å². The van der Waals surface area contributed by atoms with E-state index in [1.54, 1.807) is 0 Å². The highest BCUT2D eigenvalue weighted by molar-refractivity contribution is 5.70. The Morgan fingerprint density at radius 1 is 0.477 bits per heavy atom. The van der Waals surface area contributed by atoms with Gasteiger partial charge in [-0.2, -0.15) is 0 Å². The monoisotopic (exact) mass is 623 g/mol. The van der Waals surface area contributed by atoms with Crippen molar-refractivity contribution < 1.29 is 23.8 Å². The lowest BCUT2D eigenvalue weighted by Gasteiger charge is -2.18. The van der Waals surface area contributed by atoms with Crippen molar-refractivity contribution in [3.05, 3.63) is 12.2 Å². The third-order valence-corrected chi connectivity index (χ3v) is 8.30. The molecule has 0 aliphatic heterocycles. The summed E-state index contributed by atoms with van der Waals surface area (Å²) < 4.78 is 17.1. The summed E-state index contributed by atoms with van der Waals surface area (Å²) in [4.78, 5) is 24.8. The first-order valence-electron chi connectivity index (χ1n) is 19.2. The van der Waals surface area contributed by atoms with Gasteiger partial charge < -0.3 is 14.2 Å². The molecule has 0 fully saturated rings. The summed E-state index contributed by atoms with van der Waals surface area (Å²) in [6.45, 7) is 7.74. The zero-order chi connectivity index (χ0) is 32.2. The van der Waals surface area contributed by atoms with E-state index >= 15 is 0 Å². The van der Waals surface area contributed by atoms with E-state index in [-0.39, 0.29) is 25.2 Å². The molecule has 0 aromatic carbocycles. The van der Waals surface area contributed by atoms with Crippen LogP contribution < -0.4 is 0 Å². The normalized spacial score (nSPS) is 12.2. The van der Waals surface area contributed by atoms with E-state index in [2.05, 4.69) is 32.9 Å². The Hall–Kier alpha value is -1.36. The van der Waals surface area contributed by atoms with Gasteiger partial charge in [-0.1, -0.05) is 155 Å². The summed E-state index contributed by atoms with van der Waals surface area (Å²) in [7, 11) is 0. The van der Waals surface area contributed by atoms with Crippen molar-refractivity contribution in [2.45, 2.75) is 207 Å². The Morgan fingerprint density at radius 2 is 0.886 bits per heavy atom. The average Bonchev–Trinajstić information content (AvgIpc) is 3.02. The largest absolute Gasteiger partial charge is 0.462 e. The van der Waals surface area contributed by atoms with Crippen LogP contribution in [0.2, 0.25) is 0 Å². The zero-order valence-electron chi connectivity index (χ0n) is 29.7. The van der Waals surface area contributed by atoms with Crippen molar-refractivity contribution in [2.75, 3.05) is 19.8 Å². The second kappa shape index (κ2) is 36.1. The quantitative estimate of drug-likeness (QED) is 0.0400. The first kappa shape index (κ1) is 42.6. The van der Waals surface area contributed by atoms with Gasteiger partial charge in [0.1, 0.15) is 6.61 Å². The number of hydrogen-bond acceptors (Lipinski definition) is 5. The molecule has 0 rings (SSSR count). The van der Waals surface area contributed by atoms with Crippen molar-refractivity contribution in [2.24, 2.45) is 0 Å². The van der Waals surface area contributed by atoms with E-state index in [1.165, 1.54) is 128 Å². The van der Waals surface area contributed by atoms with Gasteiger partial charge in [-0.25, -0.2) is 0 Å². The minimum atomic E-state index is -0.523. The molecule has 0 aromatic rings. The first-order valence-corrected chi connectivity index (χ1v) is 19.2. The van der Waals surface area contributed by atoms with Gasteiger partial charge in [-0.15, -0.1) is 0 Å². The Balaban J connectivity index is 4.14. The zero-order valence-corrected chi connectivity index (χ0v) is 29.7. The van der Waals surface area contributed by atoms with Gasteiger partial charge in [0.15, 0.2) is 6.10 Å². The highest BCUT2D eigenvalue weighted by Gasteiger charge is 2.17. The van der Waals surface area contributed by atoms with E-state index in [4.69, 9.17) is 14.2 Å². The average molecular weight is 623 g/mol. The predicted molar refractivity (Wildman–Crippen MR) is 187 cm³/mol. The van der Waals surface area contributed by atoms with Crippen LogP contribution in [-0.4, -0.2) is 37.9 Å². The van der Waals surface area contributed by atoms with Crippen molar-refractivity contribution in [1.82, 2.24) is 0 Å². The molecule has 1 atom stereocenters. The van der Waals surface area contributed by atoms with Crippen LogP contribution in [0.1, 0.15) is 201 Å². The smallest absolute Gasteiger partial charge is 0.306 e. The lowest BCUT2D eigenvalue weighted by Crippen LogP contribution is -2.30. The summed E-state index contributed by atoms with van der Waals surface area (Å²) in [5, 5.41) is 0. The third kappa shape index (κ3) is 33.5. The summed E-state index contributed by atoms with van der Waals surface area (Å²) in [6.07, 6.45) is 36.4. The molecular formula is C39H74O5. The number of ether oxygens (including phenoxy) is 3. The second-order valence-corrected chi connectivity index (χ2v) is 12.8. The number of allylic oxidation sites excluding steroid dienone is 2. The third-order valence-electron chi connectivity index (χ3n) is 8.30. The second-order valence-electron chi connectivity index (χ2n) is 12.8. The van der Waals surface area contributed by atoms with E-state index < -0.39 is 6.10 Å². The molecule has 0 bridgehead atoms. The summed E-state index contributed by atoms with van der Waals surface area (Å²) in [5.74, 6) is -0.407. The summed E-state index contributed by atoms with van der Waals surface area (Å²) in [6, 6.07) is 0. The van der Waals surface area contributed by atoms with E-state index in [1.807, 2.05) is 0 Å². The van der Waals surface area contributed by atoms with Gasteiger partial charge in [0, 0.05) is 19.4 Å². The number of rotatable bonds is 35. The van der Waals surface area contributed by atoms with Gasteiger partial charge in [-0.3, -0.25) is 9.59 Å². The Labute approximate surface area is 274 Å². The lowest BCUT2D eigenvalue weighted by atomic mass is 10.1. The van der Waals surface area contributed by atoms with Crippen LogP contribution in [0.25, 0.3) is 0 Å². The van der Waals surface area contributed by atoms with Crippen LogP contribution in [0.15, 0.2) is 12.2 Å². The van der Waals surface area contributed by atoms with Gasteiger partial charge in [-0.05, 0) is 44.9 Å². The Bertz CT molecular complexity index is 632. The molecule has 1 unspecified atom stereocenters. The molecule has 5 nitrogen and oxygen atoms in total. The fourth-order valence-corrected chi connectivity index (χ4v) is 5.38. The number of carbonyl (C=O) groups excluding carboxylic acids is 2. The van der Waals surface area contributed by atoms with Crippen LogP contribution in [0, 0.1) is 0 Å². The molecule has 0 amide bonds. The SMILES string of the molecule is CCCCCC/C=C\CCCCCCCCOCC(COC(=O)CCCCCCCCC)OC(=O)CCCCCCCCC.